The quantitative estimate of drug-likeness (QED) is 0.636. The molecule has 0 unspecified atom stereocenters. The first-order valence-electron chi connectivity index (χ1n) is 6.51. The average molecular weight is 330 g/mol. The van der Waals surface area contributed by atoms with Gasteiger partial charge in [0.1, 0.15) is 0 Å². The highest BCUT2D eigenvalue weighted by Gasteiger charge is 2.23. The van der Waals surface area contributed by atoms with Gasteiger partial charge in [-0.05, 0) is 23.8 Å². The molecule has 0 fully saturated rings. The van der Waals surface area contributed by atoms with Crippen LogP contribution in [0, 0.1) is 10.1 Å². The number of para-hydroxylation sites is 1. The second-order valence-electron chi connectivity index (χ2n) is 4.67. The van der Waals surface area contributed by atoms with Crippen LogP contribution in [-0.2, 0) is 10.3 Å². The third kappa shape index (κ3) is 3.27. The third-order valence-electron chi connectivity index (χ3n) is 3.08. The second kappa shape index (κ2) is 5.65. The standard InChI is InChI=1S/C15H10N2O5S/c18-17(19)12-5-3-4-11(10-12)8-9-14-13-6-1-2-7-15(13)22-23(20,21)16-14/h1-10H/b9-8+. The lowest BCUT2D eigenvalue weighted by molar-refractivity contribution is -0.384. The normalized spacial score (nSPS) is 15.6. The summed E-state index contributed by atoms with van der Waals surface area (Å²) in [7, 11) is -4.04. The zero-order valence-corrected chi connectivity index (χ0v) is 12.4. The van der Waals surface area contributed by atoms with Crippen molar-refractivity contribution in [3.8, 4) is 5.75 Å². The Bertz CT molecular complexity index is 948. The fourth-order valence-corrected chi connectivity index (χ4v) is 2.90. The van der Waals surface area contributed by atoms with E-state index < -0.39 is 15.2 Å². The molecule has 2 aromatic carbocycles. The van der Waals surface area contributed by atoms with Gasteiger partial charge in [-0.3, -0.25) is 10.1 Å². The van der Waals surface area contributed by atoms with Crippen LogP contribution in [0.3, 0.4) is 0 Å². The van der Waals surface area contributed by atoms with E-state index in [2.05, 4.69) is 4.40 Å². The Balaban J connectivity index is 2.00. The molecule has 0 atom stereocenters. The Morgan fingerprint density at radius 3 is 2.65 bits per heavy atom. The largest absolute Gasteiger partial charge is 0.429 e. The molecule has 0 radical (unpaired) electrons. The van der Waals surface area contributed by atoms with Crippen LogP contribution < -0.4 is 4.18 Å². The van der Waals surface area contributed by atoms with Gasteiger partial charge in [-0.25, -0.2) is 0 Å². The third-order valence-corrected chi connectivity index (χ3v) is 3.89. The molecule has 8 heteroatoms. The number of nitro groups is 1. The van der Waals surface area contributed by atoms with Crippen molar-refractivity contribution in [1.29, 1.82) is 0 Å². The Morgan fingerprint density at radius 1 is 1.09 bits per heavy atom. The topological polar surface area (TPSA) is 98.9 Å². The van der Waals surface area contributed by atoms with Crippen LogP contribution >= 0.6 is 0 Å². The molecule has 0 aromatic heterocycles. The van der Waals surface area contributed by atoms with E-state index in [0.29, 0.717) is 11.1 Å². The molecule has 0 amide bonds. The lowest BCUT2D eigenvalue weighted by Crippen LogP contribution is -2.17. The van der Waals surface area contributed by atoms with Crippen LogP contribution in [0.15, 0.2) is 59.0 Å². The first-order chi connectivity index (χ1) is 10.9. The molecule has 1 aliphatic heterocycles. The summed E-state index contributed by atoms with van der Waals surface area (Å²) in [4.78, 5) is 10.3. The van der Waals surface area contributed by atoms with Gasteiger partial charge in [0.15, 0.2) is 5.75 Å². The number of rotatable bonds is 3. The molecular formula is C15H10N2O5S. The summed E-state index contributed by atoms with van der Waals surface area (Å²) >= 11 is 0. The molecule has 1 heterocycles. The summed E-state index contributed by atoms with van der Waals surface area (Å²) in [6, 6.07) is 12.6. The molecular weight excluding hydrogens is 320 g/mol. The summed E-state index contributed by atoms with van der Waals surface area (Å²) in [6.45, 7) is 0. The maximum absolute atomic E-state index is 11.6. The van der Waals surface area contributed by atoms with Crippen molar-refractivity contribution < 1.29 is 17.5 Å². The van der Waals surface area contributed by atoms with Crippen LogP contribution in [0.4, 0.5) is 5.69 Å². The summed E-state index contributed by atoms with van der Waals surface area (Å²) in [5.41, 5.74) is 1.25. The predicted molar refractivity (Wildman–Crippen MR) is 84.7 cm³/mol. The molecule has 7 nitrogen and oxygen atoms in total. The van der Waals surface area contributed by atoms with E-state index in [1.54, 1.807) is 36.4 Å². The van der Waals surface area contributed by atoms with E-state index in [1.165, 1.54) is 24.3 Å². The lowest BCUT2D eigenvalue weighted by atomic mass is 10.1. The molecule has 0 N–H and O–H groups in total. The molecule has 3 rings (SSSR count). The molecule has 0 saturated heterocycles. The Hall–Kier alpha value is -3.00. The lowest BCUT2D eigenvalue weighted by Gasteiger charge is -2.14. The van der Waals surface area contributed by atoms with Gasteiger partial charge in [0.05, 0.1) is 10.6 Å². The van der Waals surface area contributed by atoms with Crippen molar-refractivity contribution in [2.45, 2.75) is 0 Å². The fourth-order valence-electron chi connectivity index (χ4n) is 2.09. The maximum Gasteiger partial charge on any atom is 0.429 e. The maximum atomic E-state index is 11.6. The van der Waals surface area contributed by atoms with Crippen LogP contribution in [0.25, 0.3) is 6.08 Å². The smallest absolute Gasteiger partial charge is 0.365 e. The van der Waals surface area contributed by atoms with E-state index >= 15 is 0 Å². The van der Waals surface area contributed by atoms with Crippen molar-refractivity contribution in [2.24, 2.45) is 4.40 Å². The van der Waals surface area contributed by atoms with Crippen molar-refractivity contribution >= 4 is 27.8 Å². The highest BCUT2D eigenvalue weighted by molar-refractivity contribution is 7.86. The predicted octanol–water partition coefficient (Wildman–Crippen LogP) is 2.73. The van der Waals surface area contributed by atoms with Crippen molar-refractivity contribution in [1.82, 2.24) is 0 Å². The van der Waals surface area contributed by atoms with Gasteiger partial charge < -0.3 is 4.18 Å². The van der Waals surface area contributed by atoms with E-state index in [1.807, 2.05) is 0 Å². The Labute approximate surface area is 132 Å². The SMILES string of the molecule is O=[N+]([O-])c1cccc(/C=C/C2=NS(=O)(=O)Oc3ccccc32)c1. The first kappa shape index (κ1) is 14.9. The number of benzene rings is 2. The number of non-ortho nitro benzene ring substituents is 1. The second-order valence-corrected chi connectivity index (χ2v) is 5.87. The van der Waals surface area contributed by atoms with Crippen molar-refractivity contribution in [2.75, 3.05) is 0 Å². The fraction of sp³-hybridized carbons (Fsp3) is 0. The first-order valence-corrected chi connectivity index (χ1v) is 7.87. The zero-order valence-electron chi connectivity index (χ0n) is 11.6. The summed E-state index contributed by atoms with van der Waals surface area (Å²) in [5.74, 6) is 0.196. The monoisotopic (exact) mass is 330 g/mol. The zero-order chi connectivity index (χ0) is 16.4. The number of fused-ring (bicyclic) bond motifs is 1. The summed E-state index contributed by atoms with van der Waals surface area (Å²) < 4.78 is 31.7. The average Bonchev–Trinajstić information content (AvgIpc) is 2.52. The molecule has 0 aliphatic carbocycles. The highest BCUT2D eigenvalue weighted by atomic mass is 32.2. The minimum Gasteiger partial charge on any atom is -0.365 e. The van der Waals surface area contributed by atoms with Crippen LogP contribution in [0.1, 0.15) is 11.1 Å². The summed E-state index contributed by atoms with van der Waals surface area (Å²) in [5, 5.41) is 10.8. The van der Waals surface area contributed by atoms with Crippen molar-refractivity contribution in [3.05, 3.63) is 75.8 Å². The molecule has 23 heavy (non-hydrogen) atoms. The number of hydrogen-bond donors (Lipinski definition) is 0. The minimum atomic E-state index is -4.04. The molecule has 0 saturated carbocycles. The van der Waals surface area contributed by atoms with Gasteiger partial charge in [-0.1, -0.05) is 30.3 Å². The molecule has 2 aromatic rings. The molecule has 0 bridgehead atoms. The number of nitrogens with zero attached hydrogens (tertiary/aromatic N) is 2. The van der Waals surface area contributed by atoms with Crippen LogP contribution in [-0.4, -0.2) is 19.1 Å². The number of hydrogen-bond acceptors (Lipinski definition) is 5. The Kier molecular flexibility index (Phi) is 3.67. The van der Waals surface area contributed by atoms with Crippen LogP contribution in [0.5, 0.6) is 5.75 Å². The molecule has 116 valence electrons. The Morgan fingerprint density at radius 2 is 1.87 bits per heavy atom. The molecule has 1 aliphatic rings. The van der Waals surface area contributed by atoms with Crippen LogP contribution in [0.2, 0.25) is 0 Å². The van der Waals surface area contributed by atoms with E-state index in [-0.39, 0.29) is 17.1 Å². The van der Waals surface area contributed by atoms with E-state index in [9.17, 15) is 18.5 Å². The van der Waals surface area contributed by atoms with E-state index in [4.69, 9.17) is 4.18 Å². The number of allylic oxidation sites excluding steroid dienone is 1. The van der Waals surface area contributed by atoms with Gasteiger partial charge >= 0.3 is 10.3 Å². The number of nitro benzene ring substituents is 1. The minimum absolute atomic E-state index is 0.0471. The molecule has 0 spiro atoms. The van der Waals surface area contributed by atoms with Gasteiger partial charge in [-0.2, -0.15) is 8.42 Å². The van der Waals surface area contributed by atoms with Gasteiger partial charge in [0, 0.05) is 17.7 Å². The van der Waals surface area contributed by atoms with Gasteiger partial charge in [0.2, 0.25) is 0 Å². The van der Waals surface area contributed by atoms with E-state index in [0.717, 1.165) is 0 Å². The van der Waals surface area contributed by atoms with Gasteiger partial charge in [0.25, 0.3) is 5.69 Å². The highest BCUT2D eigenvalue weighted by Crippen LogP contribution is 2.26. The van der Waals surface area contributed by atoms with Gasteiger partial charge in [-0.15, -0.1) is 4.40 Å². The summed E-state index contributed by atoms with van der Waals surface area (Å²) in [6.07, 6.45) is 3.04. The van der Waals surface area contributed by atoms with Crippen molar-refractivity contribution in [3.63, 3.8) is 0 Å².